The highest BCUT2D eigenvalue weighted by Crippen LogP contribution is 2.50. The quantitative estimate of drug-likeness (QED) is 0.632. The van der Waals surface area contributed by atoms with Crippen LogP contribution in [0.25, 0.3) is 0 Å². The summed E-state index contributed by atoms with van der Waals surface area (Å²) < 4.78 is 32.2. The van der Waals surface area contributed by atoms with Crippen molar-refractivity contribution in [2.75, 3.05) is 0 Å². The fourth-order valence-corrected chi connectivity index (χ4v) is 5.92. The Balaban J connectivity index is 2.11. The zero-order valence-electron chi connectivity index (χ0n) is 8.36. The van der Waals surface area contributed by atoms with Crippen LogP contribution in [-0.4, -0.2) is 31.4 Å². The molecule has 0 aliphatic carbocycles. The van der Waals surface area contributed by atoms with E-state index in [1.165, 1.54) is 0 Å². The van der Waals surface area contributed by atoms with Crippen LogP contribution in [0.4, 0.5) is 0 Å². The molecule has 5 heteroatoms. The molecule has 1 N–H and O–H groups in total. The number of nitrogens with one attached hydrogen (secondary N) is 1. The second-order valence-corrected chi connectivity index (χ2v) is 6.99. The summed E-state index contributed by atoms with van der Waals surface area (Å²) >= 11 is 0. The molecule has 3 saturated heterocycles. The highest BCUT2D eigenvalue weighted by atomic mass is 32.2. The van der Waals surface area contributed by atoms with Crippen LogP contribution in [0.3, 0.4) is 0 Å². The summed E-state index contributed by atoms with van der Waals surface area (Å²) in [6, 6.07) is 0. The van der Waals surface area contributed by atoms with Crippen molar-refractivity contribution < 1.29 is 13.2 Å². The van der Waals surface area contributed by atoms with Crippen molar-refractivity contribution in [2.45, 2.75) is 49.7 Å². The molecule has 14 heavy (non-hydrogen) atoms. The lowest BCUT2D eigenvalue weighted by atomic mass is 9.77. The Hall–Kier alpha value is -0.130. The second-order valence-electron chi connectivity index (χ2n) is 5.15. The average molecular weight is 217 g/mol. The molecule has 3 aliphatic heterocycles. The molecule has 0 aromatic heterocycles. The molecule has 0 amide bonds. The normalized spacial score (nSPS) is 52.1. The first-order chi connectivity index (χ1) is 6.42. The summed E-state index contributed by atoms with van der Waals surface area (Å²) in [6.45, 7) is 3.92. The third-order valence-corrected chi connectivity index (χ3v) is 5.93. The molecule has 0 aromatic rings. The Bertz CT molecular complexity index is 376. The molecule has 4 nitrogen and oxygen atoms in total. The van der Waals surface area contributed by atoms with Gasteiger partial charge in [0.15, 0.2) is 0 Å². The van der Waals surface area contributed by atoms with Crippen LogP contribution in [-0.2, 0) is 14.8 Å². The lowest BCUT2D eigenvalue weighted by Crippen LogP contribution is -2.43. The van der Waals surface area contributed by atoms with Crippen molar-refractivity contribution in [3.8, 4) is 0 Å². The Morgan fingerprint density at radius 2 is 1.93 bits per heavy atom. The number of ether oxygens (including phenoxy) is 1. The van der Waals surface area contributed by atoms with Crippen molar-refractivity contribution >= 4 is 10.0 Å². The third kappa shape index (κ3) is 0.928. The predicted octanol–water partition coefficient (Wildman–Crippen LogP) is 0.244. The van der Waals surface area contributed by atoms with Gasteiger partial charge in [0.05, 0.1) is 12.2 Å². The summed E-state index contributed by atoms with van der Waals surface area (Å²) in [7, 11) is -3.14. The maximum absolute atomic E-state index is 11.9. The minimum Gasteiger partial charge on any atom is -0.373 e. The Morgan fingerprint density at radius 3 is 2.57 bits per heavy atom. The minimum absolute atomic E-state index is 0.0516. The van der Waals surface area contributed by atoms with Gasteiger partial charge in [-0.1, -0.05) is 0 Å². The summed E-state index contributed by atoms with van der Waals surface area (Å²) in [4.78, 5) is 0. The first kappa shape index (κ1) is 9.12. The first-order valence-corrected chi connectivity index (χ1v) is 6.65. The van der Waals surface area contributed by atoms with Crippen LogP contribution in [0.5, 0.6) is 0 Å². The molecule has 0 spiro atoms. The fraction of sp³-hybridized carbons (Fsp3) is 1.00. The molecule has 3 aliphatic rings. The van der Waals surface area contributed by atoms with Crippen LogP contribution >= 0.6 is 0 Å². The topological polar surface area (TPSA) is 55.4 Å². The van der Waals surface area contributed by atoms with Crippen molar-refractivity contribution in [3.05, 3.63) is 0 Å². The number of hydrogen-bond donors (Lipinski definition) is 1. The van der Waals surface area contributed by atoms with Crippen LogP contribution in [0.2, 0.25) is 0 Å². The third-order valence-electron chi connectivity index (χ3n) is 3.80. The van der Waals surface area contributed by atoms with Gasteiger partial charge in [-0.05, 0) is 26.7 Å². The summed E-state index contributed by atoms with van der Waals surface area (Å²) in [5.41, 5.74) is -0.330. The molecule has 3 heterocycles. The van der Waals surface area contributed by atoms with Gasteiger partial charge in [-0.25, -0.2) is 13.1 Å². The Morgan fingerprint density at radius 1 is 1.29 bits per heavy atom. The van der Waals surface area contributed by atoms with Gasteiger partial charge in [-0.15, -0.1) is 0 Å². The maximum Gasteiger partial charge on any atom is 0.217 e. The van der Waals surface area contributed by atoms with Crippen molar-refractivity contribution in [1.82, 2.24) is 4.72 Å². The molecule has 3 rings (SSSR count). The predicted molar refractivity (Wildman–Crippen MR) is 51.3 cm³/mol. The molecule has 4 atom stereocenters. The van der Waals surface area contributed by atoms with E-state index in [1.807, 2.05) is 13.8 Å². The first-order valence-electron chi connectivity index (χ1n) is 5.10. The second kappa shape index (κ2) is 2.33. The average Bonchev–Trinajstić information content (AvgIpc) is 2.61. The zero-order chi connectivity index (χ0) is 10.1. The van der Waals surface area contributed by atoms with E-state index in [0.29, 0.717) is 0 Å². The Labute approximate surface area is 84.1 Å². The SMILES string of the molecule is CC1(C)NS(=O)(=O)C2C3CCC(O3)C21. The van der Waals surface area contributed by atoms with Gasteiger partial charge in [0.25, 0.3) is 0 Å². The molecule has 80 valence electrons. The van der Waals surface area contributed by atoms with E-state index in [-0.39, 0.29) is 28.9 Å². The van der Waals surface area contributed by atoms with Gasteiger partial charge in [-0.2, -0.15) is 0 Å². The molecule has 0 aromatic carbocycles. The monoisotopic (exact) mass is 217 g/mol. The van der Waals surface area contributed by atoms with Crippen molar-refractivity contribution in [2.24, 2.45) is 5.92 Å². The van der Waals surface area contributed by atoms with Crippen LogP contribution in [0.1, 0.15) is 26.7 Å². The van der Waals surface area contributed by atoms with E-state index in [2.05, 4.69) is 4.72 Å². The Kier molecular flexibility index (Phi) is 1.52. The van der Waals surface area contributed by atoms with Crippen LogP contribution in [0.15, 0.2) is 0 Å². The van der Waals surface area contributed by atoms with Gasteiger partial charge >= 0.3 is 0 Å². The highest BCUT2D eigenvalue weighted by molar-refractivity contribution is 7.90. The standard InChI is InChI=1S/C9H15NO3S/c1-9(2)7-5-3-4-6(13-5)8(7)14(11,12)10-9/h5-8,10H,3-4H2,1-2H3. The van der Waals surface area contributed by atoms with Gasteiger partial charge in [0.2, 0.25) is 10.0 Å². The molecule has 3 fully saturated rings. The number of rotatable bonds is 0. The van der Waals surface area contributed by atoms with E-state index in [1.54, 1.807) is 0 Å². The maximum atomic E-state index is 11.9. The van der Waals surface area contributed by atoms with E-state index in [0.717, 1.165) is 12.8 Å². The number of hydrogen-bond acceptors (Lipinski definition) is 3. The van der Waals surface area contributed by atoms with Crippen LogP contribution < -0.4 is 4.72 Å². The molecule has 4 unspecified atom stereocenters. The highest BCUT2D eigenvalue weighted by Gasteiger charge is 2.64. The summed E-state index contributed by atoms with van der Waals surface area (Å²) in [6.07, 6.45) is 2.03. The lowest BCUT2D eigenvalue weighted by Gasteiger charge is -2.28. The molecular formula is C9H15NO3S. The number of sulfonamides is 1. The van der Waals surface area contributed by atoms with Gasteiger partial charge < -0.3 is 4.74 Å². The molecule has 2 bridgehead atoms. The molecule has 0 saturated carbocycles. The van der Waals surface area contributed by atoms with E-state index in [4.69, 9.17) is 4.74 Å². The molecule has 0 radical (unpaired) electrons. The van der Waals surface area contributed by atoms with E-state index < -0.39 is 10.0 Å². The summed E-state index contributed by atoms with van der Waals surface area (Å²) in [5.74, 6) is 0.145. The zero-order valence-corrected chi connectivity index (χ0v) is 9.17. The van der Waals surface area contributed by atoms with Crippen molar-refractivity contribution in [3.63, 3.8) is 0 Å². The lowest BCUT2D eigenvalue weighted by molar-refractivity contribution is 0.0777. The summed E-state index contributed by atoms with van der Waals surface area (Å²) in [5, 5.41) is -0.295. The van der Waals surface area contributed by atoms with E-state index in [9.17, 15) is 8.42 Å². The van der Waals surface area contributed by atoms with Gasteiger partial charge in [0, 0.05) is 11.5 Å². The van der Waals surface area contributed by atoms with E-state index >= 15 is 0 Å². The fourth-order valence-electron chi connectivity index (χ4n) is 3.41. The van der Waals surface area contributed by atoms with Crippen molar-refractivity contribution in [1.29, 1.82) is 0 Å². The minimum atomic E-state index is -3.14. The van der Waals surface area contributed by atoms with Gasteiger partial charge in [-0.3, -0.25) is 0 Å². The van der Waals surface area contributed by atoms with Crippen LogP contribution in [0, 0.1) is 5.92 Å². The largest absolute Gasteiger partial charge is 0.373 e. The smallest absolute Gasteiger partial charge is 0.217 e. The number of fused-ring (bicyclic) bond motifs is 5. The molecular weight excluding hydrogens is 202 g/mol. The van der Waals surface area contributed by atoms with Gasteiger partial charge in [0.1, 0.15) is 5.25 Å².